The lowest BCUT2D eigenvalue weighted by atomic mass is 9.92. The maximum Gasteiger partial charge on any atom is 0.202 e. The molecule has 3 N–H and O–H groups in total. The number of pyridine rings is 1. The van der Waals surface area contributed by atoms with E-state index < -0.39 is 0 Å². The summed E-state index contributed by atoms with van der Waals surface area (Å²) >= 11 is 0. The fourth-order valence-corrected chi connectivity index (χ4v) is 2.81. The molecule has 3 rings (SSSR count). The van der Waals surface area contributed by atoms with Gasteiger partial charge in [0.05, 0.1) is 12.1 Å². The van der Waals surface area contributed by atoms with Crippen LogP contribution in [-0.4, -0.2) is 25.7 Å². The van der Waals surface area contributed by atoms with Gasteiger partial charge in [-0.15, -0.1) is 0 Å². The molecule has 1 fully saturated rings. The number of rotatable bonds is 1. The summed E-state index contributed by atoms with van der Waals surface area (Å²) in [6.07, 6.45) is 3.62. The van der Waals surface area contributed by atoms with Gasteiger partial charge in [0.15, 0.2) is 5.65 Å². The van der Waals surface area contributed by atoms with Crippen molar-refractivity contribution in [1.29, 1.82) is 0 Å². The molecule has 5 nitrogen and oxygen atoms in total. The Hall–Kier alpha value is -1.62. The summed E-state index contributed by atoms with van der Waals surface area (Å²) in [6.45, 7) is 1.95. The van der Waals surface area contributed by atoms with Gasteiger partial charge >= 0.3 is 0 Å². The molecule has 0 bridgehead atoms. The van der Waals surface area contributed by atoms with Gasteiger partial charge in [-0.25, -0.2) is 9.97 Å². The second-order valence-corrected chi connectivity index (χ2v) is 5.05. The minimum Gasteiger partial charge on any atom is -0.391 e. The average molecular weight is 246 g/mol. The van der Waals surface area contributed by atoms with E-state index in [1.165, 1.54) is 0 Å². The summed E-state index contributed by atoms with van der Waals surface area (Å²) in [5.74, 6) is 0.453. The Bertz CT molecular complexity index is 578. The van der Waals surface area contributed by atoms with E-state index >= 15 is 0 Å². The monoisotopic (exact) mass is 246 g/mol. The first-order chi connectivity index (χ1) is 8.66. The van der Waals surface area contributed by atoms with E-state index in [4.69, 9.17) is 5.73 Å². The molecule has 18 heavy (non-hydrogen) atoms. The molecule has 2 unspecified atom stereocenters. The number of nitrogens with zero attached hydrogens (tertiary/aromatic N) is 3. The quantitative estimate of drug-likeness (QED) is 0.804. The highest BCUT2D eigenvalue weighted by Gasteiger charge is 2.28. The molecule has 2 heterocycles. The number of fused-ring (bicyclic) bond motifs is 1. The summed E-state index contributed by atoms with van der Waals surface area (Å²) in [6, 6.07) is 3.87. The molecule has 1 saturated carbocycles. The number of nitrogens with two attached hydrogens (primary N) is 1. The van der Waals surface area contributed by atoms with Crippen molar-refractivity contribution < 1.29 is 5.11 Å². The van der Waals surface area contributed by atoms with E-state index in [-0.39, 0.29) is 12.1 Å². The molecule has 1 aliphatic rings. The third kappa shape index (κ3) is 1.75. The van der Waals surface area contributed by atoms with E-state index in [1.807, 2.05) is 23.6 Å². The van der Waals surface area contributed by atoms with Crippen LogP contribution < -0.4 is 5.73 Å². The predicted molar refractivity (Wildman–Crippen MR) is 70.2 cm³/mol. The average Bonchev–Trinajstić information content (AvgIpc) is 2.66. The zero-order valence-electron chi connectivity index (χ0n) is 10.5. The van der Waals surface area contributed by atoms with Crippen LogP contribution in [0.4, 0.5) is 5.95 Å². The lowest BCUT2D eigenvalue weighted by molar-refractivity contribution is 0.0780. The van der Waals surface area contributed by atoms with E-state index in [2.05, 4.69) is 9.97 Å². The second kappa shape index (κ2) is 4.24. The van der Waals surface area contributed by atoms with Gasteiger partial charge in [-0.1, -0.05) is 12.8 Å². The summed E-state index contributed by atoms with van der Waals surface area (Å²) in [4.78, 5) is 8.85. The van der Waals surface area contributed by atoms with Crippen molar-refractivity contribution in [2.45, 2.75) is 44.8 Å². The van der Waals surface area contributed by atoms with Gasteiger partial charge in [-0.3, -0.25) is 4.57 Å². The van der Waals surface area contributed by atoms with Gasteiger partial charge in [0.1, 0.15) is 5.52 Å². The first-order valence-corrected chi connectivity index (χ1v) is 6.46. The number of anilines is 1. The molecule has 5 heteroatoms. The summed E-state index contributed by atoms with van der Waals surface area (Å²) in [5.41, 5.74) is 8.53. The number of aliphatic hydroxyl groups excluding tert-OH is 1. The SMILES string of the molecule is Cc1ccc2nc(N)n(C3CCCCC3O)c2n1. The number of imidazole rings is 1. The van der Waals surface area contributed by atoms with Crippen LogP contribution in [0, 0.1) is 6.92 Å². The van der Waals surface area contributed by atoms with Crippen LogP contribution in [0.3, 0.4) is 0 Å². The zero-order valence-corrected chi connectivity index (χ0v) is 10.5. The maximum absolute atomic E-state index is 10.2. The van der Waals surface area contributed by atoms with Crippen molar-refractivity contribution in [2.24, 2.45) is 0 Å². The summed E-state index contributed by atoms with van der Waals surface area (Å²) < 4.78 is 1.91. The molecule has 0 saturated heterocycles. The predicted octanol–water partition coefficient (Wildman–Crippen LogP) is 1.80. The molecule has 1 aliphatic carbocycles. The normalized spacial score (nSPS) is 24.6. The summed E-state index contributed by atoms with van der Waals surface area (Å²) in [5, 5.41) is 10.2. The largest absolute Gasteiger partial charge is 0.391 e. The van der Waals surface area contributed by atoms with Crippen LogP contribution >= 0.6 is 0 Å². The van der Waals surface area contributed by atoms with Gasteiger partial charge in [0.25, 0.3) is 0 Å². The van der Waals surface area contributed by atoms with Gasteiger partial charge in [0, 0.05) is 5.69 Å². The summed E-state index contributed by atoms with van der Waals surface area (Å²) in [7, 11) is 0. The molecule has 2 atom stereocenters. The van der Waals surface area contributed by atoms with Crippen molar-refractivity contribution in [3.63, 3.8) is 0 Å². The fourth-order valence-electron chi connectivity index (χ4n) is 2.81. The van der Waals surface area contributed by atoms with Crippen LogP contribution in [0.2, 0.25) is 0 Å². The Morgan fingerprint density at radius 2 is 2.06 bits per heavy atom. The molecule has 96 valence electrons. The first kappa shape index (κ1) is 11.5. The lowest BCUT2D eigenvalue weighted by Crippen LogP contribution is -2.28. The van der Waals surface area contributed by atoms with Crippen LogP contribution in [0.1, 0.15) is 37.4 Å². The third-order valence-corrected chi connectivity index (χ3v) is 3.73. The molecule has 0 spiro atoms. The number of aryl methyl sites for hydroxylation is 1. The van der Waals surface area contributed by atoms with Gasteiger partial charge in [-0.2, -0.15) is 0 Å². The highest BCUT2D eigenvalue weighted by Crippen LogP contribution is 2.33. The van der Waals surface area contributed by atoms with Crippen LogP contribution in [0.25, 0.3) is 11.2 Å². The van der Waals surface area contributed by atoms with Gasteiger partial charge in [-0.05, 0) is 31.9 Å². The Morgan fingerprint density at radius 1 is 1.28 bits per heavy atom. The van der Waals surface area contributed by atoms with Crippen molar-refractivity contribution in [3.8, 4) is 0 Å². The maximum atomic E-state index is 10.2. The molecule has 2 aromatic heterocycles. The smallest absolute Gasteiger partial charge is 0.202 e. The topological polar surface area (TPSA) is 77.0 Å². The molecule has 0 aromatic carbocycles. The number of aromatic nitrogens is 3. The first-order valence-electron chi connectivity index (χ1n) is 6.46. The Morgan fingerprint density at radius 3 is 2.83 bits per heavy atom. The van der Waals surface area contributed by atoms with E-state index in [0.29, 0.717) is 5.95 Å². The standard InChI is InChI=1S/C13H18N4O/c1-8-6-7-9-12(15-8)17(13(14)16-9)10-4-2-3-5-11(10)18/h6-7,10-11,18H,2-5H2,1H3,(H2,14,16). The minimum absolute atomic E-state index is 0.0121. The molecule has 0 amide bonds. The highest BCUT2D eigenvalue weighted by molar-refractivity contribution is 5.74. The number of hydrogen-bond donors (Lipinski definition) is 2. The van der Waals surface area contributed by atoms with Crippen molar-refractivity contribution in [1.82, 2.24) is 14.5 Å². The minimum atomic E-state index is -0.347. The van der Waals surface area contributed by atoms with Gasteiger partial charge < -0.3 is 10.8 Å². The van der Waals surface area contributed by atoms with E-state index in [1.54, 1.807) is 0 Å². The highest BCUT2D eigenvalue weighted by atomic mass is 16.3. The Balaban J connectivity index is 2.14. The fraction of sp³-hybridized carbons (Fsp3) is 0.538. The van der Waals surface area contributed by atoms with E-state index in [0.717, 1.165) is 42.5 Å². The van der Waals surface area contributed by atoms with Crippen molar-refractivity contribution >= 4 is 17.1 Å². The Kier molecular flexibility index (Phi) is 2.70. The molecule has 2 aromatic rings. The van der Waals surface area contributed by atoms with Crippen LogP contribution in [0.15, 0.2) is 12.1 Å². The lowest BCUT2D eigenvalue weighted by Gasteiger charge is -2.29. The molecule has 0 aliphatic heterocycles. The van der Waals surface area contributed by atoms with E-state index in [9.17, 15) is 5.11 Å². The molecular weight excluding hydrogens is 228 g/mol. The third-order valence-electron chi connectivity index (χ3n) is 3.73. The zero-order chi connectivity index (χ0) is 12.7. The number of nitrogen functional groups attached to an aromatic ring is 1. The van der Waals surface area contributed by atoms with Crippen molar-refractivity contribution in [3.05, 3.63) is 17.8 Å². The second-order valence-electron chi connectivity index (χ2n) is 5.05. The molecule has 0 radical (unpaired) electrons. The Labute approximate surface area is 106 Å². The van der Waals surface area contributed by atoms with Crippen molar-refractivity contribution in [2.75, 3.05) is 5.73 Å². The molecular formula is C13H18N4O. The number of aliphatic hydroxyl groups is 1. The number of hydrogen-bond acceptors (Lipinski definition) is 4. The van der Waals surface area contributed by atoms with Gasteiger partial charge in [0.2, 0.25) is 5.95 Å². The van der Waals surface area contributed by atoms with Crippen LogP contribution in [0.5, 0.6) is 0 Å². The van der Waals surface area contributed by atoms with Crippen LogP contribution in [-0.2, 0) is 0 Å².